The molecule has 0 aromatic heterocycles. The third kappa shape index (κ3) is 2.49. The molecule has 0 saturated carbocycles. The summed E-state index contributed by atoms with van der Waals surface area (Å²) in [4.78, 5) is 0. The van der Waals surface area contributed by atoms with Crippen molar-refractivity contribution >= 4 is 17.7 Å². The van der Waals surface area contributed by atoms with Crippen molar-refractivity contribution < 1.29 is 9.47 Å². The predicted molar refractivity (Wildman–Crippen MR) is 67.4 cm³/mol. The monoisotopic (exact) mass is 241 g/mol. The zero-order chi connectivity index (χ0) is 12.1. The summed E-state index contributed by atoms with van der Waals surface area (Å²) in [7, 11) is 3.19. The van der Waals surface area contributed by atoms with Crippen LogP contribution in [0, 0.1) is 6.92 Å². The second kappa shape index (κ2) is 5.77. The normalized spacial score (nSPS) is 10.8. The first-order valence-electron chi connectivity index (χ1n) is 4.93. The fourth-order valence-corrected chi connectivity index (χ4v) is 1.67. The highest BCUT2D eigenvalue weighted by Crippen LogP contribution is 2.38. The van der Waals surface area contributed by atoms with E-state index in [-0.39, 0.29) is 0 Å². The highest BCUT2D eigenvalue weighted by molar-refractivity contribution is 6.31. The van der Waals surface area contributed by atoms with Crippen LogP contribution in [-0.2, 0) is 0 Å². The average Bonchev–Trinajstić information content (AvgIpc) is 2.30. The Hall–Kier alpha value is -1.19. The second-order valence-corrected chi connectivity index (χ2v) is 3.68. The second-order valence-electron chi connectivity index (χ2n) is 3.27. The Labute approximate surface area is 101 Å². The van der Waals surface area contributed by atoms with E-state index < -0.39 is 0 Å². The third-order valence-electron chi connectivity index (χ3n) is 2.33. The van der Waals surface area contributed by atoms with Crippen molar-refractivity contribution in [2.75, 3.05) is 20.8 Å². The zero-order valence-electron chi connectivity index (χ0n) is 9.71. The molecular weight excluding hydrogens is 226 g/mol. The van der Waals surface area contributed by atoms with Gasteiger partial charge in [-0.3, -0.25) is 0 Å². The Balaban J connectivity index is 3.40. The van der Waals surface area contributed by atoms with Crippen molar-refractivity contribution in [1.29, 1.82) is 0 Å². The number of rotatable bonds is 4. The highest BCUT2D eigenvalue weighted by Gasteiger charge is 2.13. The summed E-state index contributed by atoms with van der Waals surface area (Å²) in [5.41, 5.74) is 7.28. The van der Waals surface area contributed by atoms with Gasteiger partial charge in [0.05, 0.1) is 14.2 Å². The first-order chi connectivity index (χ1) is 7.65. The van der Waals surface area contributed by atoms with E-state index in [0.717, 1.165) is 11.1 Å². The smallest absolute Gasteiger partial charge is 0.168 e. The zero-order valence-corrected chi connectivity index (χ0v) is 10.5. The van der Waals surface area contributed by atoms with Crippen LogP contribution in [0.3, 0.4) is 0 Å². The van der Waals surface area contributed by atoms with E-state index in [9.17, 15) is 0 Å². The molecule has 0 aliphatic rings. The van der Waals surface area contributed by atoms with Crippen LogP contribution in [0.25, 0.3) is 6.08 Å². The molecule has 4 heteroatoms. The molecule has 16 heavy (non-hydrogen) atoms. The van der Waals surface area contributed by atoms with E-state index in [1.807, 2.05) is 19.1 Å². The molecule has 88 valence electrons. The predicted octanol–water partition coefficient (Wildman–Crippen LogP) is 2.64. The molecule has 0 heterocycles. The van der Waals surface area contributed by atoms with Gasteiger partial charge in [0.25, 0.3) is 0 Å². The van der Waals surface area contributed by atoms with Gasteiger partial charge in [0, 0.05) is 23.2 Å². The summed E-state index contributed by atoms with van der Waals surface area (Å²) in [5, 5.41) is 0.648. The van der Waals surface area contributed by atoms with Crippen molar-refractivity contribution in [1.82, 2.24) is 0 Å². The summed E-state index contributed by atoms with van der Waals surface area (Å²) >= 11 is 6.10. The van der Waals surface area contributed by atoms with Crippen LogP contribution in [0.15, 0.2) is 12.1 Å². The van der Waals surface area contributed by atoms with Crippen LogP contribution >= 0.6 is 11.6 Å². The number of hydrogen-bond acceptors (Lipinski definition) is 3. The Morgan fingerprint density at radius 3 is 2.56 bits per heavy atom. The standard InChI is InChI=1S/C12H16ClNO2/c1-8-9(5-4-6-14)12(16-3)11(15-2)7-10(8)13/h4-5,7H,6,14H2,1-3H3/b5-4+. The Kier molecular flexibility index (Phi) is 4.65. The lowest BCUT2D eigenvalue weighted by Crippen LogP contribution is -1.97. The lowest BCUT2D eigenvalue weighted by atomic mass is 10.1. The molecule has 1 rings (SSSR count). The van der Waals surface area contributed by atoms with Gasteiger partial charge in [-0.05, 0) is 12.5 Å². The molecule has 0 bridgehead atoms. The van der Waals surface area contributed by atoms with E-state index in [1.165, 1.54) is 0 Å². The minimum Gasteiger partial charge on any atom is -0.493 e. The molecule has 0 atom stereocenters. The lowest BCUT2D eigenvalue weighted by molar-refractivity contribution is 0.354. The van der Waals surface area contributed by atoms with Gasteiger partial charge in [0.15, 0.2) is 11.5 Å². The number of halogens is 1. The SMILES string of the molecule is COc1cc(Cl)c(C)c(/C=C/CN)c1OC. The Morgan fingerprint density at radius 2 is 2.06 bits per heavy atom. The van der Waals surface area contributed by atoms with Gasteiger partial charge in [-0.25, -0.2) is 0 Å². The quantitative estimate of drug-likeness (QED) is 0.882. The third-order valence-corrected chi connectivity index (χ3v) is 2.73. The largest absolute Gasteiger partial charge is 0.493 e. The molecule has 0 fully saturated rings. The molecule has 0 aliphatic carbocycles. The van der Waals surface area contributed by atoms with E-state index in [2.05, 4.69) is 0 Å². The summed E-state index contributed by atoms with van der Waals surface area (Å²) in [6, 6.07) is 1.75. The first-order valence-corrected chi connectivity index (χ1v) is 5.31. The first kappa shape index (κ1) is 12.9. The molecule has 0 radical (unpaired) electrons. The number of ether oxygens (including phenoxy) is 2. The van der Waals surface area contributed by atoms with Crippen LogP contribution < -0.4 is 15.2 Å². The van der Waals surface area contributed by atoms with Crippen molar-refractivity contribution in [3.05, 3.63) is 28.3 Å². The number of benzene rings is 1. The van der Waals surface area contributed by atoms with E-state index in [4.69, 9.17) is 26.8 Å². The Morgan fingerprint density at radius 1 is 1.38 bits per heavy atom. The maximum atomic E-state index is 6.10. The van der Waals surface area contributed by atoms with Gasteiger partial charge in [-0.15, -0.1) is 0 Å². The van der Waals surface area contributed by atoms with Gasteiger partial charge in [0.1, 0.15) is 0 Å². The minimum absolute atomic E-state index is 0.470. The highest BCUT2D eigenvalue weighted by atomic mass is 35.5. The van der Waals surface area contributed by atoms with Crippen LogP contribution in [0.5, 0.6) is 11.5 Å². The van der Waals surface area contributed by atoms with Crippen LogP contribution in [0.2, 0.25) is 5.02 Å². The van der Waals surface area contributed by atoms with E-state index >= 15 is 0 Å². The molecular formula is C12H16ClNO2. The van der Waals surface area contributed by atoms with Crippen molar-refractivity contribution in [3.63, 3.8) is 0 Å². The van der Waals surface area contributed by atoms with Crippen molar-refractivity contribution in [2.24, 2.45) is 5.73 Å². The molecule has 0 unspecified atom stereocenters. The maximum absolute atomic E-state index is 6.10. The summed E-state index contributed by atoms with van der Waals surface area (Å²) in [5.74, 6) is 1.30. The number of nitrogens with two attached hydrogens (primary N) is 1. The fraction of sp³-hybridized carbons (Fsp3) is 0.333. The summed E-state index contributed by atoms with van der Waals surface area (Å²) in [6.07, 6.45) is 3.74. The Bertz CT molecular complexity index is 402. The topological polar surface area (TPSA) is 44.5 Å². The minimum atomic E-state index is 0.470. The van der Waals surface area contributed by atoms with Gasteiger partial charge in [-0.1, -0.05) is 23.8 Å². The van der Waals surface area contributed by atoms with Crippen molar-refractivity contribution in [2.45, 2.75) is 6.92 Å². The van der Waals surface area contributed by atoms with Crippen LogP contribution in [0.4, 0.5) is 0 Å². The number of methoxy groups -OCH3 is 2. The lowest BCUT2D eigenvalue weighted by Gasteiger charge is -2.14. The molecule has 0 saturated heterocycles. The molecule has 0 spiro atoms. The van der Waals surface area contributed by atoms with Gasteiger partial charge in [0.2, 0.25) is 0 Å². The molecule has 1 aromatic rings. The fourth-order valence-electron chi connectivity index (χ4n) is 1.47. The van der Waals surface area contributed by atoms with Crippen LogP contribution in [-0.4, -0.2) is 20.8 Å². The molecule has 1 aromatic carbocycles. The average molecular weight is 242 g/mol. The molecule has 2 N–H and O–H groups in total. The maximum Gasteiger partial charge on any atom is 0.168 e. The van der Waals surface area contributed by atoms with Crippen LogP contribution in [0.1, 0.15) is 11.1 Å². The molecule has 0 aliphatic heterocycles. The number of hydrogen-bond donors (Lipinski definition) is 1. The van der Waals surface area contributed by atoms with E-state index in [0.29, 0.717) is 23.1 Å². The van der Waals surface area contributed by atoms with E-state index in [1.54, 1.807) is 20.3 Å². The summed E-state index contributed by atoms with van der Waals surface area (Å²) < 4.78 is 10.5. The summed E-state index contributed by atoms with van der Waals surface area (Å²) in [6.45, 7) is 2.40. The molecule has 0 amide bonds. The molecule has 3 nitrogen and oxygen atoms in total. The van der Waals surface area contributed by atoms with Gasteiger partial charge in [-0.2, -0.15) is 0 Å². The van der Waals surface area contributed by atoms with Gasteiger partial charge < -0.3 is 15.2 Å². The van der Waals surface area contributed by atoms with Gasteiger partial charge >= 0.3 is 0 Å². The van der Waals surface area contributed by atoms with Crippen molar-refractivity contribution in [3.8, 4) is 11.5 Å².